The first-order chi connectivity index (χ1) is 10.3. The minimum absolute atomic E-state index is 1.35. The van der Waals surface area contributed by atoms with Crippen molar-refractivity contribution < 1.29 is 0 Å². The van der Waals surface area contributed by atoms with Crippen LogP contribution in [0, 0.1) is 6.92 Å². The van der Waals surface area contributed by atoms with Gasteiger partial charge in [-0.3, -0.25) is 0 Å². The maximum absolute atomic E-state index is 2.32. The number of benzene rings is 5. The molecule has 98 valence electrons. The van der Waals surface area contributed by atoms with Crippen molar-refractivity contribution >= 4 is 43.1 Å². The molecule has 5 aromatic rings. The highest BCUT2D eigenvalue weighted by atomic mass is 14.2. The summed E-state index contributed by atoms with van der Waals surface area (Å²) in [7, 11) is 0. The Kier molecular flexibility index (Phi) is 1.97. The van der Waals surface area contributed by atoms with Crippen LogP contribution in [-0.4, -0.2) is 0 Å². The molecule has 0 nitrogen and oxygen atoms in total. The molecule has 0 amide bonds. The lowest BCUT2D eigenvalue weighted by Gasteiger charge is -2.15. The molecular weight excluding hydrogens is 252 g/mol. The van der Waals surface area contributed by atoms with Gasteiger partial charge in [-0.1, -0.05) is 66.7 Å². The van der Waals surface area contributed by atoms with Gasteiger partial charge in [-0.2, -0.15) is 0 Å². The van der Waals surface area contributed by atoms with Crippen LogP contribution in [0.15, 0.2) is 66.7 Å². The van der Waals surface area contributed by atoms with E-state index >= 15 is 0 Å². The summed E-state index contributed by atoms with van der Waals surface area (Å²) >= 11 is 0. The van der Waals surface area contributed by atoms with E-state index in [9.17, 15) is 0 Å². The van der Waals surface area contributed by atoms with E-state index in [0.29, 0.717) is 0 Å². The molecule has 0 bridgehead atoms. The molecule has 5 aromatic carbocycles. The van der Waals surface area contributed by atoms with E-state index in [-0.39, 0.29) is 0 Å². The average molecular weight is 266 g/mol. The lowest BCUT2D eigenvalue weighted by molar-refractivity contribution is 1.56. The van der Waals surface area contributed by atoms with Crippen molar-refractivity contribution in [3.63, 3.8) is 0 Å². The number of aryl methyl sites for hydroxylation is 1. The molecule has 0 saturated carbocycles. The number of hydrogen-bond acceptors (Lipinski definition) is 0. The zero-order valence-corrected chi connectivity index (χ0v) is 11.9. The van der Waals surface area contributed by atoms with Crippen molar-refractivity contribution in [2.45, 2.75) is 6.92 Å². The average Bonchev–Trinajstić information content (AvgIpc) is 2.54. The maximum atomic E-state index is 2.32. The van der Waals surface area contributed by atoms with Crippen LogP contribution < -0.4 is 0 Å². The first-order valence-corrected chi connectivity index (χ1v) is 7.39. The van der Waals surface area contributed by atoms with Crippen LogP contribution in [0.5, 0.6) is 0 Å². The van der Waals surface area contributed by atoms with E-state index in [1.54, 1.807) is 0 Å². The molecule has 0 aromatic heterocycles. The van der Waals surface area contributed by atoms with Crippen LogP contribution in [0.25, 0.3) is 43.1 Å². The normalized spacial score (nSPS) is 12.0. The van der Waals surface area contributed by atoms with Crippen LogP contribution in [0.1, 0.15) is 5.56 Å². The van der Waals surface area contributed by atoms with Gasteiger partial charge in [0.15, 0.2) is 0 Å². The quantitative estimate of drug-likeness (QED) is 0.236. The van der Waals surface area contributed by atoms with E-state index in [1.807, 2.05) is 0 Å². The minimum atomic E-state index is 1.35. The van der Waals surface area contributed by atoms with Crippen molar-refractivity contribution in [3.05, 3.63) is 72.3 Å². The third-order valence-corrected chi connectivity index (χ3v) is 4.72. The Morgan fingerprint density at radius 3 is 1.86 bits per heavy atom. The van der Waals surface area contributed by atoms with Crippen LogP contribution >= 0.6 is 0 Å². The Balaban J connectivity index is 2.32. The smallest absolute Gasteiger partial charge is 0.00177 e. The fraction of sp³-hybridized carbons (Fsp3) is 0.0476. The molecule has 0 heterocycles. The van der Waals surface area contributed by atoms with Gasteiger partial charge in [0.05, 0.1) is 0 Å². The van der Waals surface area contributed by atoms with Gasteiger partial charge in [-0.15, -0.1) is 0 Å². The Labute approximate surface area is 123 Å². The fourth-order valence-corrected chi connectivity index (χ4v) is 3.83. The lowest BCUT2D eigenvalue weighted by atomic mass is 9.88. The molecule has 0 aliphatic carbocycles. The summed E-state index contributed by atoms with van der Waals surface area (Å²) in [6, 6.07) is 24.4. The summed E-state index contributed by atoms with van der Waals surface area (Å²) in [5.41, 5.74) is 1.36. The van der Waals surface area contributed by atoms with Gasteiger partial charge in [0.1, 0.15) is 0 Å². The SMILES string of the molecule is Cc1cc2cccc3c4ccccc4c4cccc1c4c23. The van der Waals surface area contributed by atoms with E-state index in [2.05, 4.69) is 73.7 Å². The van der Waals surface area contributed by atoms with Gasteiger partial charge in [0.25, 0.3) is 0 Å². The van der Waals surface area contributed by atoms with Gasteiger partial charge in [0.2, 0.25) is 0 Å². The minimum Gasteiger partial charge on any atom is -0.0616 e. The molecule has 0 radical (unpaired) electrons. The van der Waals surface area contributed by atoms with Crippen LogP contribution in [-0.2, 0) is 0 Å². The van der Waals surface area contributed by atoms with Gasteiger partial charge >= 0.3 is 0 Å². The van der Waals surface area contributed by atoms with Crippen LogP contribution in [0.3, 0.4) is 0 Å². The second kappa shape index (κ2) is 3.73. The Morgan fingerprint density at radius 2 is 1.10 bits per heavy atom. The largest absolute Gasteiger partial charge is 0.0616 e. The van der Waals surface area contributed by atoms with Gasteiger partial charge in [-0.05, 0) is 55.6 Å². The van der Waals surface area contributed by atoms with E-state index in [1.165, 1.54) is 48.7 Å². The standard InChI is InChI=1S/C21H14/c1-13-12-14-6-4-10-18-16-7-2-3-8-17(16)19-11-5-9-15(13)21(19)20(14)18/h2-12H,1H3. The number of hydrogen-bond donors (Lipinski definition) is 0. The zero-order valence-electron chi connectivity index (χ0n) is 11.9. The van der Waals surface area contributed by atoms with Gasteiger partial charge in [-0.25, -0.2) is 0 Å². The summed E-state index contributed by atoms with van der Waals surface area (Å²) in [6.45, 7) is 2.21. The second-order valence-corrected chi connectivity index (χ2v) is 5.87. The molecule has 0 N–H and O–H groups in total. The maximum Gasteiger partial charge on any atom is -0.00177 e. The van der Waals surface area contributed by atoms with Crippen molar-refractivity contribution in [2.24, 2.45) is 0 Å². The van der Waals surface area contributed by atoms with Crippen LogP contribution in [0.2, 0.25) is 0 Å². The summed E-state index contributed by atoms with van der Waals surface area (Å²) in [5.74, 6) is 0. The predicted octanol–water partition coefficient (Wildman–Crippen LogP) is 6.05. The summed E-state index contributed by atoms with van der Waals surface area (Å²) in [6.07, 6.45) is 0. The molecule has 0 spiro atoms. The third-order valence-electron chi connectivity index (χ3n) is 4.72. The van der Waals surface area contributed by atoms with Crippen LogP contribution in [0.4, 0.5) is 0 Å². The third kappa shape index (κ3) is 1.30. The van der Waals surface area contributed by atoms with E-state index in [0.717, 1.165) is 0 Å². The highest BCUT2D eigenvalue weighted by Gasteiger charge is 2.13. The van der Waals surface area contributed by atoms with E-state index in [4.69, 9.17) is 0 Å². The molecule has 21 heavy (non-hydrogen) atoms. The predicted molar refractivity (Wildman–Crippen MR) is 92.4 cm³/mol. The highest BCUT2D eigenvalue weighted by molar-refractivity contribution is 6.33. The van der Waals surface area contributed by atoms with Crippen molar-refractivity contribution in [2.75, 3.05) is 0 Å². The fourth-order valence-electron chi connectivity index (χ4n) is 3.83. The van der Waals surface area contributed by atoms with E-state index < -0.39 is 0 Å². The molecule has 0 aliphatic heterocycles. The highest BCUT2D eigenvalue weighted by Crippen LogP contribution is 2.41. The Bertz CT molecular complexity index is 1130. The first-order valence-electron chi connectivity index (χ1n) is 7.39. The Hall–Kier alpha value is -2.60. The molecule has 0 unspecified atom stereocenters. The molecule has 0 saturated heterocycles. The second-order valence-electron chi connectivity index (χ2n) is 5.87. The molecule has 0 atom stereocenters. The summed E-state index contributed by atoms with van der Waals surface area (Å²) < 4.78 is 0. The topological polar surface area (TPSA) is 0 Å². The monoisotopic (exact) mass is 266 g/mol. The molecule has 5 rings (SSSR count). The van der Waals surface area contributed by atoms with Crippen molar-refractivity contribution in [1.29, 1.82) is 0 Å². The van der Waals surface area contributed by atoms with Gasteiger partial charge in [0, 0.05) is 0 Å². The van der Waals surface area contributed by atoms with Crippen molar-refractivity contribution in [1.82, 2.24) is 0 Å². The molecule has 0 heteroatoms. The van der Waals surface area contributed by atoms with Gasteiger partial charge < -0.3 is 0 Å². The zero-order chi connectivity index (χ0) is 14.0. The molecule has 0 fully saturated rings. The lowest BCUT2D eigenvalue weighted by Crippen LogP contribution is -1.88. The Morgan fingerprint density at radius 1 is 0.524 bits per heavy atom. The first kappa shape index (κ1) is 11.1. The molecular formula is C21H14. The van der Waals surface area contributed by atoms with Crippen molar-refractivity contribution in [3.8, 4) is 0 Å². The number of rotatable bonds is 0. The summed E-state index contributed by atoms with van der Waals surface area (Å²) in [5, 5.41) is 11.0. The number of fused-ring (bicyclic) bond motifs is 3. The molecule has 0 aliphatic rings. The summed E-state index contributed by atoms with van der Waals surface area (Å²) in [4.78, 5) is 0.